The van der Waals surface area contributed by atoms with E-state index in [0.29, 0.717) is 20.9 Å². The summed E-state index contributed by atoms with van der Waals surface area (Å²) in [6, 6.07) is 5.26. The second kappa shape index (κ2) is 6.76. The van der Waals surface area contributed by atoms with Gasteiger partial charge >= 0.3 is 11.9 Å². The highest BCUT2D eigenvalue weighted by molar-refractivity contribution is 7.39. The van der Waals surface area contributed by atoms with Gasteiger partial charge in [-0.2, -0.15) is 0 Å². The normalized spacial score (nSPS) is 14.0. The topological polar surface area (TPSA) is 65.1 Å². The summed E-state index contributed by atoms with van der Waals surface area (Å²) >= 11 is 0. The van der Waals surface area contributed by atoms with Gasteiger partial charge in [0, 0.05) is 0 Å². The summed E-state index contributed by atoms with van der Waals surface area (Å²) in [5.41, 5.74) is 1.43. The Morgan fingerprint density at radius 1 is 1.29 bits per heavy atom. The molecule has 0 saturated carbocycles. The van der Waals surface area contributed by atoms with Crippen molar-refractivity contribution in [3.8, 4) is 5.75 Å². The summed E-state index contributed by atoms with van der Waals surface area (Å²) in [7, 11) is 3.07. The molecule has 0 aromatic heterocycles. The number of methoxy groups -OCH3 is 2. The van der Waals surface area contributed by atoms with Crippen LogP contribution in [0.25, 0.3) is 0 Å². The third-order valence-electron chi connectivity index (χ3n) is 3.32. The van der Waals surface area contributed by atoms with Crippen molar-refractivity contribution in [3.05, 3.63) is 23.8 Å². The molecule has 0 amide bonds. The van der Waals surface area contributed by atoms with Crippen molar-refractivity contribution < 1.29 is 23.8 Å². The Bertz CT molecular complexity index is 532. The minimum atomic E-state index is -1.07. The molecular weight excluding hydrogens is 293 g/mol. The SMILES string of the molecule is COC(=O)C(C(=O)OC)c1ccc2c(c1)N(PC)CCO2. The maximum absolute atomic E-state index is 11.9. The van der Waals surface area contributed by atoms with Gasteiger partial charge in [-0.05, 0) is 33.1 Å². The van der Waals surface area contributed by atoms with E-state index in [0.717, 1.165) is 18.0 Å². The van der Waals surface area contributed by atoms with Crippen LogP contribution in [0.2, 0.25) is 0 Å². The van der Waals surface area contributed by atoms with Crippen molar-refractivity contribution >= 4 is 26.4 Å². The molecule has 1 aromatic rings. The number of carbonyl (C=O) groups is 2. The predicted molar refractivity (Wildman–Crippen MR) is 80.3 cm³/mol. The van der Waals surface area contributed by atoms with Crippen LogP contribution >= 0.6 is 8.73 Å². The zero-order chi connectivity index (χ0) is 15.4. The van der Waals surface area contributed by atoms with Gasteiger partial charge in [-0.25, -0.2) is 0 Å². The fourth-order valence-corrected chi connectivity index (χ4v) is 2.98. The van der Waals surface area contributed by atoms with Gasteiger partial charge in [-0.1, -0.05) is 6.07 Å². The highest BCUT2D eigenvalue weighted by atomic mass is 31.1. The number of hydrogen-bond acceptors (Lipinski definition) is 6. The van der Waals surface area contributed by atoms with E-state index < -0.39 is 17.9 Å². The Kier molecular flexibility index (Phi) is 5.02. The number of carbonyl (C=O) groups excluding carboxylic acids is 2. The van der Waals surface area contributed by atoms with Gasteiger partial charge in [0.25, 0.3) is 0 Å². The van der Waals surface area contributed by atoms with Crippen molar-refractivity contribution in [2.75, 3.05) is 38.7 Å². The monoisotopic (exact) mass is 311 g/mol. The number of fused-ring (bicyclic) bond motifs is 1. The maximum atomic E-state index is 11.9. The molecule has 0 saturated heterocycles. The van der Waals surface area contributed by atoms with E-state index in [-0.39, 0.29) is 0 Å². The molecule has 1 aromatic carbocycles. The van der Waals surface area contributed by atoms with Gasteiger partial charge in [0.1, 0.15) is 12.4 Å². The highest BCUT2D eigenvalue weighted by Crippen LogP contribution is 2.39. The van der Waals surface area contributed by atoms with E-state index in [1.54, 1.807) is 18.2 Å². The van der Waals surface area contributed by atoms with Crippen LogP contribution in [0, 0.1) is 0 Å². The number of hydrogen-bond donors (Lipinski definition) is 0. The molecule has 0 aliphatic carbocycles. The molecule has 0 fully saturated rings. The second-order valence-electron chi connectivity index (χ2n) is 4.43. The van der Waals surface area contributed by atoms with Crippen LogP contribution in [0.1, 0.15) is 11.5 Å². The van der Waals surface area contributed by atoms with Crippen LogP contribution in [-0.2, 0) is 19.1 Å². The molecule has 1 heterocycles. The molecule has 114 valence electrons. The van der Waals surface area contributed by atoms with Crippen LogP contribution in [0.5, 0.6) is 5.75 Å². The summed E-state index contributed by atoms with van der Waals surface area (Å²) in [4.78, 5) is 23.7. The number of anilines is 1. The molecule has 0 spiro atoms. The molecule has 1 atom stereocenters. The Morgan fingerprint density at radius 3 is 2.52 bits per heavy atom. The van der Waals surface area contributed by atoms with E-state index >= 15 is 0 Å². The van der Waals surface area contributed by atoms with Crippen molar-refractivity contribution in [1.82, 2.24) is 0 Å². The number of esters is 2. The van der Waals surface area contributed by atoms with Crippen molar-refractivity contribution in [1.29, 1.82) is 0 Å². The first-order valence-electron chi connectivity index (χ1n) is 6.49. The van der Waals surface area contributed by atoms with Gasteiger partial charge in [-0.3, -0.25) is 9.59 Å². The van der Waals surface area contributed by atoms with E-state index in [2.05, 4.69) is 11.3 Å². The smallest absolute Gasteiger partial charge is 0.324 e. The fourth-order valence-electron chi connectivity index (χ4n) is 2.25. The molecule has 21 heavy (non-hydrogen) atoms. The average molecular weight is 311 g/mol. The highest BCUT2D eigenvalue weighted by Gasteiger charge is 2.32. The van der Waals surface area contributed by atoms with E-state index in [9.17, 15) is 9.59 Å². The van der Waals surface area contributed by atoms with E-state index in [4.69, 9.17) is 14.2 Å². The number of benzene rings is 1. The van der Waals surface area contributed by atoms with Crippen molar-refractivity contribution in [2.24, 2.45) is 0 Å². The Labute approximate surface area is 125 Å². The summed E-state index contributed by atoms with van der Waals surface area (Å²) in [5, 5.41) is 0. The molecule has 0 bridgehead atoms. The molecule has 1 aliphatic rings. The summed E-state index contributed by atoms with van der Waals surface area (Å²) in [6.07, 6.45) is 0. The van der Waals surface area contributed by atoms with E-state index in [1.807, 2.05) is 0 Å². The summed E-state index contributed by atoms with van der Waals surface area (Å²) in [5.74, 6) is -1.59. The second-order valence-corrected chi connectivity index (χ2v) is 5.42. The maximum Gasteiger partial charge on any atom is 0.324 e. The molecule has 7 heteroatoms. The largest absolute Gasteiger partial charge is 0.490 e. The molecule has 1 aliphatic heterocycles. The Balaban J connectivity index is 2.42. The number of nitrogens with zero attached hydrogens (tertiary/aromatic N) is 1. The molecule has 1 unspecified atom stereocenters. The van der Waals surface area contributed by atoms with Crippen LogP contribution in [0.15, 0.2) is 18.2 Å². The first-order valence-corrected chi connectivity index (χ1v) is 7.94. The van der Waals surface area contributed by atoms with Crippen LogP contribution in [0.4, 0.5) is 5.69 Å². The Hall–Kier alpha value is -1.81. The standard InChI is InChI=1S/C14H18NO5P/c1-18-13(16)12(14(17)19-2)9-4-5-11-10(8-9)15(21-3)6-7-20-11/h4-5,8,12,21H,6-7H2,1-3H3. The molecule has 2 rings (SSSR count). The molecular formula is C14H18NO5P. The Morgan fingerprint density at radius 2 is 1.95 bits per heavy atom. The lowest BCUT2D eigenvalue weighted by molar-refractivity contribution is -0.154. The predicted octanol–water partition coefficient (Wildman–Crippen LogP) is 1.54. The van der Waals surface area contributed by atoms with Crippen molar-refractivity contribution in [3.63, 3.8) is 0 Å². The lowest BCUT2D eigenvalue weighted by atomic mass is 9.98. The van der Waals surface area contributed by atoms with Crippen LogP contribution in [-0.4, -0.2) is 46.0 Å². The summed E-state index contributed by atoms with van der Waals surface area (Å²) in [6.45, 7) is 3.48. The zero-order valence-corrected chi connectivity index (χ0v) is 13.2. The van der Waals surface area contributed by atoms with E-state index in [1.165, 1.54) is 14.2 Å². The van der Waals surface area contributed by atoms with Gasteiger partial charge in [0.2, 0.25) is 0 Å². The van der Waals surface area contributed by atoms with Gasteiger partial charge < -0.3 is 18.9 Å². The minimum Gasteiger partial charge on any atom is -0.490 e. The average Bonchev–Trinajstić information content (AvgIpc) is 2.53. The van der Waals surface area contributed by atoms with Crippen LogP contribution in [0.3, 0.4) is 0 Å². The lowest BCUT2D eigenvalue weighted by Crippen LogP contribution is -2.27. The van der Waals surface area contributed by atoms with Crippen LogP contribution < -0.4 is 9.41 Å². The minimum absolute atomic E-state index is 0.543. The number of ether oxygens (including phenoxy) is 3. The lowest BCUT2D eigenvalue weighted by Gasteiger charge is -2.30. The molecule has 0 N–H and O–H groups in total. The molecule has 6 nitrogen and oxygen atoms in total. The quantitative estimate of drug-likeness (QED) is 0.477. The first-order chi connectivity index (χ1) is 10.1. The molecule has 0 radical (unpaired) electrons. The first kappa shape index (κ1) is 15.6. The summed E-state index contributed by atoms with van der Waals surface area (Å²) < 4.78 is 17.2. The van der Waals surface area contributed by atoms with Gasteiger partial charge in [0.05, 0.1) is 26.5 Å². The number of rotatable bonds is 4. The zero-order valence-electron chi connectivity index (χ0n) is 12.2. The third-order valence-corrected chi connectivity index (χ3v) is 4.33. The van der Waals surface area contributed by atoms with Gasteiger partial charge in [0.15, 0.2) is 5.92 Å². The fraction of sp³-hybridized carbons (Fsp3) is 0.429. The van der Waals surface area contributed by atoms with Crippen molar-refractivity contribution in [2.45, 2.75) is 5.92 Å². The third kappa shape index (κ3) is 3.10. The van der Waals surface area contributed by atoms with Gasteiger partial charge in [-0.15, -0.1) is 0 Å².